The van der Waals surface area contributed by atoms with E-state index in [1.807, 2.05) is 12.1 Å². The van der Waals surface area contributed by atoms with Gasteiger partial charge in [0.2, 0.25) is 0 Å². The monoisotopic (exact) mass is 209 g/mol. The lowest BCUT2D eigenvalue weighted by molar-refractivity contribution is 0.386. The first kappa shape index (κ1) is 11.4. The van der Waals surface area contributed by atoms with E-state index in [1.165, 1.54) is 7.11 Å². The molecule has 0 bridgehead atoms. The fraction of sp³-hybridized carbons (Fsp3) is 0.364. The van der Waals surface area contributed by atoms with E-state index < -0.39 is 0 Å². The Morgan fingerprint density at radius 1 is 1.07 bits per heavy atom. The van der Waals surface area contributed by atoms with Gasteiger partial charge in [-0.1, -0.05) is 0 Å². The molecular weight excluding hydrogens is 194 g/mol. The van der Waals surface area contributed by atoms with E-state index in [0.29, 0.717) is 17.9 Å². The maximum Gasteiger partial charge on any atom is 0.184 e. The predicted molar refractivity (Wildman–Crippen MR) is 58.0 cm³/mol. The van der Waals surface area contributed by atoms with Gasteiger partial charge in [-0.3, -0.25) is 5.41 Å². The van der Waals surface area contributed by atoms with Crippen molar-refractivity contribution in [3.05, 3.63) is 23.8 Å². The average molecular weight is 209 g/mol. The molecule has 0 unspecified atom stereocenters. The Morgan fingerprint density at radius 2 is 1.60 bits per heavy atom. The summed E-state index contributed by atoms with van der Waals surface area (Å²) in [7, 11) is 4.68. The number of hydrogen-bond acceptors (Lipinski definition) is 4. The summed E-state index contributed by atoms with van der Waals surface area (Å²) < 4.78 is 15.0. The molecule has 1 N–H and O–H groups in total. The lowest BCUT2D eigenvalue weighted by atomic mass is 10.1. The molecule has 4 heteroatoms. The van der Waals surface area contributed by atoms with E-state index in [4.69, 9.17) is 19.6 Å². The number of methoxy groups -OCH3 is 3. The van der Waals surface area contributed by atoms with E-state index in [1.54, 1.807) is 20.3 Å². The second-order valence-electron chi connectivity index (χ2n) is 3.02. The van der Waals surface area contributed by atoms with Crippen molar-refractivity contribution in [2.75, 3.05) is 21.3 Å². The van der Waals surface area contributed by atoms with Crippen LogP contribution in [-0.2, 0) is 11.2 Å². The molecule has 0 aliphatic heterocycles. The highest BCUT2D eigenvalue weighted by molar-refractivity contribution is 5.75. The van der Waals surface area contributed by atoms with Crippen LogP contribution in [-0.4, -0.2) is 27.2 Å². The maximum atomic E-state index is 7.43. The minimum absolute atomic E-state index is 0.213. The Kier molecular flexibility index (Phi) is 3.97. The molecule has 1 aromatic rings. The van der Waals surface area contributed by atoms with E-state index in [0.717, 1.165) is 5.56 Å². The molecular formula is C11H15NO3. The summed E-state index contributed by atoms with van der Waals surface area (Å²) in [5, 5.41) is 7.43. The number of ether oxygens (including phenoxy) is 3. The predicted octanol–water partition coefficient (Wildman–Crippen LogP) is 1.87. The van der Waals surface area contributed by atoms with Crippen molar-refractivity contribution in [2.45, 2.75) is 6.42 Å². The zero-order chi connectivity index (χ0) is 11.3. The third kappa shape index (κ3) is 3.16. The Balaban J connectivity index is 2.91. The van der Waals surface area contributed by atoms with Crippen LogP contribution in [0.4, 0.5) is 0 Å². The highest BCUT2D eigenvalue weighted by Crippen LogP contribution is 2.22. The Bertz CT molecular complexity index is 327. The van der Waals surface area contributed by atoms with Crippen LogP contribution in [0.2, 0.25) is 0 Å². The van der Waals surface area contributed by atoms with Crippen molar-refractivity contribution in [2.24, 2.45) is 0 Å². The molecule has 1 rings (SSSR count). The normalized spacial score (nSPS) is 9.53. The molecule has 0 saturated carbocycles. The van der Waals surface area contributed by atoms with Crippen LogP contribution in [0.5, 0.6) is 11.5 Å². The van der Waals surface area contributed by atoms with Crippen LogP contribution in [0.1, 0.15) is 5.56 Å². The average Bonchev–Trinajstić information content (AvgIpc) is 2.28. The van der Waals surface area contributed by atoms with E-state index in [9.17, 15) is 0 Å². The first-order valence-electron chi connectivity index (χ1n) is 4.53. The van der Waals surface area contributed by atoms with Crippen molar-refractivity contribution in [1.82, 2.24) is 0 Å². The minimum atomic E-state index is 0.213. The first-order valence-corrected chi connectivity index (χ1v) is 4.53. The topological polar surface area (TPSA) is 51.5 Å². The smallest absolute Gasteiger partial charge is 0.184 e. The Labute approximate surface area is 89.3 Å². The zero-order valence-electron chi connectivity index (χ0n) is 9.16. The molecule has 0 spiro atoms. The first-order chi connectivity index (χ1) is 7.19. The van der Waals surface area contributed by atoms with Crippen molar-refractivity contribution < 1.29 is 14.2 Å². The van der Waals surface area contributed by atoms with Crippen LogP contribution < -0.4 is 9.47 Å². The lowest BCUT2D eigenvalue weighted by Gasteiger charge is -2.08. The Hall–Kier alpha value is -1.71. The summed E-state index contributed by atoms with van der Waals surface area (Å²) >= 11 is 0. The van der Waals surface area contributed by atoms with E-state index in [2.05, 4.69) is 0 Å². The van der Waals surface area contributed by atoms with Crippen molar-refractivity contribution in [1.29, 1.82) is 5.41 Å². The molecule has 0 aromatic heterocycles. The highest BCUT2D eigenvalue weighted by atomic mass is 16.5. The summed E-state index contributed by atoms with van der Waals surface area (Å²) in [6, 6.07) is 5.51. The van der Waals surface area contributed by atoms with Crippen LogP contribution in [0.15, 0.2) is 18.2 Å². The third-order valence-electron chi connectivity index (χ3n) is 2.02. The molecule has 82 valence electrons. The third-order valence-corrected chi connectivity index (χ3v) is 2.02. The van der Waals surface area contributed by atoms with Gasteiger partial charge in [-0.05, 0) is 17.7 Å². The number of hydrogen-bond donors (Lipinski definition) is 1. The summed E-state index contributed by atoms with van der Waals surface area (Å²) in [5.41, 5.74) is 0.929. The van der Waals surface area contributed by atoms with Crippen molar-refractivity contribution in [3.8, 4) is 11.5 Å². The van der Waals surface area contributed by atoms with Crippen LogP contribution >= 0.6 is 0 Å². The van der Waals surface area contributed by atoms with Gasteiger partial charge in [0, 0.05) is 12.5 Å². The van der Waals surface area contributed by atoms with Gasteiger partial charge in [0.1, 0.15) is 11.5 Å². The van der Waals surface area contributed by atoms with Crippen LogP contribution in [0.25, 0.3) is 0 Å². The summed E-state index contributed by atoms with van der Waals surface area (Å²) in [5.74, 6) is 1.65. The van der Waals surface area contributed by atoms with Gasteiger partial charge < -0.3 is 14.2 Å². The fourth-order valence-electron chi connectivity index (χ4n) is 1.23. The van der Waals surface area contributed by atoms with Gasteiger partial charge in [0.15, 0.2) is 5.90 Å². The summed E-state index contributed by atoms with van der Waals surface area (Å²) in [4.78, 5) is 0. The van der Waals surface area contributed by atoms with Gasteiger partial charge in [0.25, 0.3) is 0 Å². The molecule has 0 aliphatic rings. The number of nitrogens with one attached hydrogen (secondary N) is 1. The number of rotatable bonds is 4. The molecule has 0 fully saturated rings. The van der Waals surface area contributed by atoms with Crippen molar-refractivity contribution >= 4 is 5.90 Å². The van der Waals surface area contributed by atoms with E-state index >= 15 is 0 Å². The van der Waals surface area contributed by atoms with Gasteiger partial charge in [0.05, 0.1) is 21.3 Å². The van der Waals surface area contributed by atoms with Gasteiger partial charge in [-0.15, -0.1) is 0 Å². The van der Waals surface area contributed by atoms with Crippen LogP contribution in [0, 0.1) is 5.41 Å². The fourth-order valence-corrected chi connectivity index (χ4v) is 1.23. The maximum absolute atomic E-state index is 7.43. The number of benzene rings is 1. The largest absolute Gasteiger partial charge is 0.497 e. The Morgan fingerprint density at radius 3 is 2.00 bits per heavy atom. The molecule has 0 heterocycles. The quantitative estimate of drug-likeness (QED) is 0.608. The van der Waals surface area contributed by atoms with Crippen LogP contribution in [0.3, 0.4) is 0 Å². The SMILES string of the molecule is COC(=N)Cc1cc(OC)cc(OC)c1. The lowest BCUT2D eigenvalue weighted by Crippen LogP contribution is -2.03. The van der Waals surface area contributed by atoms with Gasteiger partial charge in [-0.25, -0.2) is 0 Å². The molecule has 0 amide bonds. The molecule has 1 aromatic carbocycles. The minimum Gasteiger partial charge on any atom is -0.497 e. The second kappa shape index (κ2) is 5.24. The zero-order valence-corrected chi connectivity index (χ0v) is 9.16. The van der Waals surface area contributed by atoms with E-state index in [-0.39, 0.29) is 5.90 Å². The molecule has 4 nitrogen and oxygen atoms in total. The highest BCUT2D eigenvalue weighted by Gasteiger charge is 2.04. The molecule has 0 radical (unpaired) electrons. The molecule has 0 atom stereocenters. The summed E-state index contributed by atoms with van der Waals surface area (Å²) in [6.45, 7) is 0. The molecule has 0 saturated heterocycles. The van der Waals surface area contributed by atoms with Gasteiger partial charge >= 0.3 is 0 Å². The summed E-state index contributed by atoms with van der Waals surface area (Å²) in [6.07, 6.45) is 0.435. The van der Waals surface area contributed by atoms with Gasteiger partial charge in [-0.2, -0.15) is 0 Å². The molecule has 15 heavy (non-hydrogen) atoms. The van der Waals surface area contributed by atoms with Crippen molar-refractivity contribution in [3.63, 3.8) is 0 Å². The second-order valence-corrected chi connectivity index (χ2v) is 3.02. The molecule has 0 aliphatic carbocycles. The standard InChI is InChI=1S/C11H15NO3/c1-13-9-4-8(6-11(12)15-3)5-10(7-9)14-2/h4-5,7,12H,6H2,1-3H3.